The summed E-state index contributed by atoms with van der Waals surface area (Å²) >= 11 is 0. The number of hydrogen-bond donors (Lipinski definition) is 1. The Balaban J connectivity index is 1.82. The Morgan fingerprint density at radius 2 is 2.08 bits per heavy atom. The molecule has 0 amide bonds. The van der Waals surface area contributed by atoms with Gasteiger partial charge in [0.1, 0.15) is 17.2 Å². The molecule has 0 aliphatic carbocycles. The molecule has 2 aromatic rings. The van der Waals surface area contributed by atoms with Crippen LogP contribution in [0.3, 0.4) is 0 Å². The van der Waals surface area contributed by atoms with E-state index < -0.39 is 5.97 Å². The van der Waals surface area contributed by atoms with Gasteiger partial charge in [0.25, 0.3) is 0 Å². The molecule has 0 unspecified atom stereocenters. The Kier molecular flexibility index (Phi) is 4.53. The quantitative estimate of drug-likeness (QED) is 0.908. The largest absolute Gasteiger partial charge is 0.478 e. The molecular weight excluding hydrogens is 306 g/mol. The summed E-state index contributed by atoms with van der Waals surface area (Å²) in [6, 6.07) is 1.80. The van der Waals surface area contributed by atoms with Gasteiger partial charge in [-0.1, -0.05) is 0 Å². The molecule has 3 rings (SSSR count). The van der Waals surface area contributed by atoms with Gasteiger partial charge in [-0.05, 0) is 18.1 Å². The number of imidazole rings is 1. The predicted molar refractivity (Wildman–Crippen MR) is 91.4 cm³/mol. The molecule has 0 bridgehead atoms. The molecule has 7 heteroatoms. The van der Waals surface area contributed by atoms with Gasteiger partial charge in [0, 0.05) is 58.7 Å². The molecular formula is C17H23N5O2. The van der Waals surface area contributed by atoms with E-state index in [2.05, 4.69) is 14.9 Å². The molecule has 0 aromatic carbocycles. The summed E-state index contributed by atoms with van der Waals surface area (Å²) < 4.78 is 2.03. The fourth-order valence-corrected chi connectivity index (χ4v) is 3.07. The number of pyridine rings is 1. The highest BCUT2D eigenvalue weighted by Gasteiger charge is 2.21. The summed E-state index contributed by atoms with van der Waals surface area (Å²) in [5.41, 5.74) is 2.32. The van der Waals surface area contributed by atoms with Crippen molar-refractivity contribution in [2.75, 3.05) is 32.1 Å². The van der Waals surface area contributed by atoms with Gasteiger partial charge >= 0.3 is 5.97 Å². The van der Waals surface area contributed by atoms with E-state index in [9.17, 15) is 9.90 Å². The lowest BCUT2D eigenvalue weighted by Crippen LogP contribution is -2.27. The van der Waals surface area contributed by atoms with Crippen LogP contribution in [-0.4, -0.2) is 57.7 Å². The normalized spacial score (nSPS) is 15.0. The molecule has 0 saturated heterocycles. The first kappa shape index (κ1) is 16.4. The summed E-state index contributed by atoms with van der Waals surface area (Å²) in [7, 11) is 5.65. The van der Waals surface area contributed by atoms with Crippen molar-refractivity contribution in [1.29, 1.82) is 0 Å². The SMILES string of the molecule is CN(C)c1nc2c(cc1C(=O)O)CCN(Cc1nccn1C)CC2. The number of nitrogens with zero attached hydrogens (tertiary/aromatic N) is 5. The molecule has 24 heavy (non-hydrogen) atoms. The van der Waals surface area contributed by atoms with Crippen molar-refractivity contribution in [3.8, 4) is 0 Å². The van der Waals surface area contributed by atoms with Crippen LogP contribution in [-0.2, 0) is 26.4 Å². The first-order valence-corrected chi connectivity index (χ1v) is 8.07. The highest BCUT2D eigenvalue weighted by Crippen LogP contribution is 2.23. The van der Waals surface area contributed by atoms with Gasteiger partial charge < -0.3 is 14.6 Å². The van der Waals surface area contributed by atoms with E-state index in [0.717, 1.165) is 49.6 Å². The summed E-state index contributed by atoms with van der Waals surface area (Å²) in [5.74, 6) is 0.635. The van der Waals surface area contributed by atoms with E-state index >= 15 is 0 Å². The number of carbonyl (C=O) groups is 1. The van der Waals surface area contributed by atoms with E-state index in [1.165, 1.54) is 0 Å². The van der Waals surface area contributed by atoms with E-state index in [1.807, 2.05) is 38.1 Å². The molecule has 1 N–H and O–H groups in total. The van der Waals surface area contributed by atoms with Crippen LogP contribution in [0, 0.1) is 0 Å². The Morgan fingerprint density at radius 3 is 2.71 bits per heavy atom. The van der Waals surface area contributed by atoms with Gasteiger partial charge in [0.2, 0.25) is 0 Å². The zero-order chi connectivity index (χ0) is 17.3. The standard InChI is InChI=1S/C17H23N5O2/c1-20(2)16-13(17(23)24)10-12-4-7-22(8-5-14(12)19-16)11-15-18-6-9-21(15)3/h6,9-10H,4-5,7-8,11H2,1-3H3,(H,23,24). The lowest BCUT2D eigenvalue weighted by Gasteiger charge is -2.19. The van der Waals surface area contributed by atoms with Gasteiger partial charge in [-0.2, -0.15) is 0 Å². The van der Waals surface area contributed by atoms with Gasteiger partial charge in [-0.3, -0.25) is 4.90 Å². The Morgan fingerprint density at radius 1 is 1.33 bits per heavy atom. The Hall–Kier alpha value is -2.41. The number of aryl methyl sites for hydroxylation is 1. The van der Waals surface area contributed by atoms with E-state index in [4.69, 9.17) is 0 Å². The van der Waals surface area contributed by atoms with Crippen molar-refractivity contribution in [1.82, 2.24) is 19.4 Å². The van der Waals surface area contributed by atoms with Crippen LogP contribution in [0.25, 0.3) is 0 Å². The van der Waals surface area contributed by atoms with Crippen molar-refractivity contribution in [3.05, 3.63) is 41.1 Å². The van der Waals surface area contributed by atoms with Gasteiger partial charge in [0.15, 0.2) is 0 Å². The van der Waals surface area contributed by atoms with Crippen molar-refractivity contribution in [3.63, 3.8) is 0 Å². The topological polar surface area (TPSA) is 74.5 Å². The molecule has 1 aliphatic rings. The average Bonchev–Trinajstić information content (AvgIpc) is 2.83. The van der Waals surface area contributed by atoms with Crippen molar-refractivity contribution in [2.45, 2.75) is 19.4 Å². The lowest BCUT2D eigenvalue weighted by molar-refractivity contribution is 0.0697. The van der Waals surface area contributed by atoms with Crippen LogP contribution in [0.5, 0.6) is 0 Å². The number of carboxylic acid groups (broad SMARTS) is 1. The molecule has 0 atom stereocenters. The molecule has 0 radical (unpaired) electrons. The summed E-state index contributed by atoms with van der Waals surface area (Å²) in [6.45, 7) is 2.57. The molecule has 1 aliphatic heterocycles. The average molecular weight is 329 g/mol. The zero-order valence-electron chi connectivity index (χ0n) is 14.4. The monoisotopic (exact) mass is 329 g/mol. The molecule has 7 nitrogen and oxygen atoms in total. The van der Waals surface area contributed by atoms with E-state index in [0.29, 0.717) is 5.82 Å². The van der Waals surface area contributed by atoms with Crippen LogP contribution in [0.4, 0.5) is 5.82 Å². The van der Waals surface area contributed by atoms with E-state index in [1.54, 1.807) is 11.0 Å². The minimum absolute atomic E-state index is 0.274. The summed E-state index contributed by atoms with van der Waals surface area (Å²) in [6.07, 6.45) is 5.39. The summed E-state index contributed by atoms with van der Waals surface area (Å²) in [4.78, 5) is 24.7. The van der Waals surface area contributed by atoms with Crippen LogP contribution in [0.1, 0.15) is 27.4 Å². The minimum Gasteiger partial charge on any atom is -0.478 e. The second kappa shape index (κ2) is 6.60. The van der Waals surface area contributed by atoms with Crippen LogP contribution in [0.15, 0.2) is 18.5 Å². The smallest absolute Gasteiger partial charge is 0.339 e. The molecule has 128 valence electrons. The van der Waals surface area contributed by atoms with Crippen LogP contribution >= 0.6 is 0 Å². The third-order valence-corrected chi connectivity index (χ3v) is 4.47. The highest BCUT2D eigenvalue weighted by molar-refractivity contribution is 5.93. The minimum atomic E-state index is -0.928. The van der Waals surface area contributed by atoms with Crippen molar-refractivity contribution < 1.29 is 9.90 Å². The number of fused-ring (bicyclic) bond motifs is 1. The molecule has 0 spiro atoms. The van der Waals surface area contributed by atoms with Crippen LogP contribution in [0.2, 0.25) is 0 Å². The fourth-order valence-electron chi connectivity index (χ4n) is 3.07. The molecule has 3 heterocycles. The lowest BCUT2D eigenvalue weighted by atomic mass is 10.1. The second-order valence-electron chi connectivity index (χ2n) is 6.40. The van der Waals surface area contributed by atoms with E-state index in [-0.39, 0.29) is 5.56 Å². The predicted octanol–water partition coefficient (Wildman–Crippen LogP) is 1.18. The maximum Gasteiger partial charge on any atom is 0.339 e. The number of rotatable bonds is 4. The van der Waals surface area contributed by atoms with Crippen molar-refractivity contribution >= 4 is 11.8 Å². The Bertz CT molecular complexity index is 753. The van der Waals surface area contributed by atoms with Gasteiger partial charge in [-0.25, -0.2) is 14.8 Å². The number of anilines is 1. The number of carboxylic acids is 1. The van der Waals surface area contributed by atoms with Crippen LogP contribution < -0.4 is 4.90 Å². The zero-order valence-corrected chi connectivity index (χ0v) is 14.4. The van der Waals surface area contributed by atoms with Crippen molar-refractivity contribution in [2.24, 2.45) is 7.05 Å². The number of hydrogen-bond acceptors (Lipinski definition) is 5. The molecule has 0 saturated carbocycles. The third-order valence-electron chi connectivity index (χ3n) is 4.47. The van der Waals surface area contributed by atoms with Gasteiger partial charge in [0.05, 0.1) is 6.54 Å². The first-order valence-electron chi connectivity index (χ1n) is 8.07. The first-order chi connectivity index (χ1) is 11.5. The number of aromatic nitrogens is 3. The third kappa shape index (κ3) is 3.26. The van der Waals surface area contributed by atoms with Gasteiger partial charge in [-0.15, -0.1) is 0 Å². The second-order valence-corrected chi connectivity index (χ2v) is 6.40. The number of aromatic carboxylic acids is 1. The highest BCUT2D eigenvalue weighted by atomic mass is 16.4. The maximum absolute atomic E-state index is 11.5. The molecule has 0 fully saturated rings. The fraction of sp³-hybridized carbons (Fsp3) is 0.471. The summed E-state index contributed by atoms with van der Waals surface area (Å²) in [5, 5.41) is 9.45. The Labute approximate surface area is 141 Å². The maximum atomic E-state index is 11.5. The molecule has 2 aromatic heterocycles.